The standard InChI is InChI=1S/C17H16ClFN2/c1-20-9-13-11-21(10-12-3-2-4-15(19)7-12)17-8-14(18)5-6-16(13)17/h2-8,11,20H,9-10H2,1H3. The first-order chi connectivity index (χ1) is 10.2. The van der Waals surface area contributed by atoms with Gasteiger partial charge in [0, 0.05) is 29.7 Å². The summed E-state index contributed by atoms with van der Waals surface area (Å²) in [5.41, 5.74) is 3.21. The van der Waals surface area contributed by atoms with Crippen LogP contribution in [0, 0.1) is 5.82 Å². The molecule has 0 atom stereocenters. The van der Waals surface area contributed by atoms with Crippen LogP contribution in [0.2, 0.25) is 5.02 Å². The summed E-state index contributed by atoms with van der Waals surface area (Å²) in [6.07, 6.45) is 2.10. The minimum atomic E-state index is -0.211. The maximum absolute atomic E-state index is 13.3. The second kappa shape index (κ2) is 5.88. The summed E-state index contributed by atoms with van der Waals surface area (Å²) in [5, 5.41) is 5.05. The van der Waals surface area contributed by atoms with Gasteiger partial charge in [0.1, 0.15) is 5.82 Å². The maximum Gasteiger partial charge on any atom is 0.123 e. The Bertz CT molecular complexity index is 780. The number of benzene rings is 2. The van der Waals surface area contributed by atoms with Crippen molar-refractivity contribution in [1.82, 2.24) is 9.88 Å². The highest BCUT2D eigenvalue weighted by Gasteiger charge is 2.09. The summed E-state index contributed by atoms with van der Waals surface area (Å²) < 4.78 is 15.4. The molecule has 0 aliphatic rings. The minimum absolute atomic E-state index is 0.211. The lowest BCUT2D eigenvalue weighted by molar-refractivity contribution is 0.624. The Labute approximate surface area is 128 Å². The summed E-state index contributed by atoms with van der Waals surface area (Å²) in [6, 6.07) is 12.6. The van der Waals surface area contributed by atoms with Crippen molar-refractivity contribution < 1.29 is 4.39 Å². The van der Waals surface area contributed by atoms with E-state index in [0.717, 1.165) is 17.6 Å². The molecular formula is C17H16ClFN2. The number of halogens is 2. The molecule has 0 saturated heterocycles. The molecule has 0 radical (unpaired) electrons. The zero-order valence-electron chi connectivity index (χ0n) is 11.7. The molecule has 0 saturated carbocycles. The van der Waals surface area contributed by atoms with Gasteiger partial charge >= 0.3 is 0 Å². The molecule has 1 N–H and O–H groups in total. The van der Waals surface area contributed by atoms with Gasteiger partial charge < -0.3 is 9.88 Å². The number of hydrogen-bond donors (Lipinski definition) is 1. The summed E-state index contributed by atoms with van der Waals surface area (Å²) in [6.45, 7) is 1.41. The van der Waals surface area contributed by atoms with E-state index in [9.17, 15) is 4.39 Å². The van der Waals surface area contributed by atoms with E-state index in [1.54, 1.807) is 12.1 Å². The first kappa shape index (κ1) is 14.1. The molecule has 3 aromatic rings. The molecule has 108 valence electrons. The second-order valence-electron chi connectivity index (χ2n) is 5.10. The average molecular weight is 303 g/mol. The largest absolute Gasteiger partial charge is 0.343 e. The Balaban J connectivity index is 2.06. The lowest BCUT2D eigenvalue weighted by atomic mass is 10.2. The molecule has 0 unspecified atom stereocenters. The number of nitrogens with zero attached hydrogens (tertiary/aromatic N) is 1. The fraction of sp³-hybridized carbons (Fsp3) is 0.176. The van der Waals surface area contributed by atoms with Crippen molar-refractivity contribution in [2.24, 2.45) is 0 Å². The van der Waals surface area contributed by atoms with Gasteiger partial charge in [0.2, 0.25) is 0 Å². The number of aromatic nitrogens is 1. The van der Waals surface area contributed by atoms with Crippen LogP contribution >= 0.6 is 11.6 Å². The molecule has 0 amide bonds. The van der Waals surface area contributed by atoms with Crippen molar-refractivity contribution in [3.63, 3.8) is 0 Å². The van der Waals surface area contributed by atoms with Gasteiger partial charge in [-0.15, -0.1) is 0 Å². The lowest BCUT2D eigenvalue weighted by Crippen LogP contribution is -2.04. The van der Waals surface area contributed by atoms with E-state index in [0.29, 0.717) is 11.6 Å². The molecular weight excluding hydrogens is 287 g/mol. The Morgan fingerprint density at radius 2 is 2.05 bits per heavy atom. The monoisotopic (exact) mass is 302 g/mol. The van der Waals surface area contributed by atoms with Crippen LogP contribution in [0.4, 0.5) is 4.39 Å². The van der Waals surface area contributed by atoms with Gasteiger partial charge in [-0.2, -0.15) is 0 Å². The van der Waals surface area contributed by atoms with Crippen LogP contribution in [0.1, 0.15) is 11.1 Å². The fourth-order valence-electron chi connectivity index (χ4n) is 2.64. The van der Waals surface area contributed by atoms with Gasteiger partial charge in [0.25, 0.3) is 0 Å². The molecule has 4 heteroatoms. The van der Waals surface area contributed by atoms with E-state index in [4.69, 9.17) is 11.6 Å². The highest BCUT2D eigenvalue weighted by Crippen LogP contribution is 2.25. The predicted octanol–water partition coefficient (Wildman–Crippen LogP) is 4.20. The van der Waals surface area contributed by atoms with Crippen LogP contribution in [-0.2, 0) is 13.1 Å². The first-order valence-electron chi connectivity index (χ1n) is 6.83. The molecule has 0 spiro atoms. The number of rotatable bonds is 4. The second-order valence-corrected chi connectivity index (χ2v) is 5.54. The number of nitrogens with one attached hydrogen (secondary N) is 1. The van der Waals surface area contributed by atoms with Crippen LogP contribution in [0.15, 0.2) is 48.7 Å². The van der Waals surface area contributed by atoms with Crippen LogP contribution in [0.3, 0.4) is 0 Å². The third-order valence-electron chi connectivity index (χ3n) is 3.54. The van der Waals surface area contributed by atoms with Crippen LogP contribution in [-0.4, -0.2) is 11.6 Å². The third kappa shape index (κ3) is 2.94. The molecule has 0 bridgehead atoms. The van der Waals surface area contributed by atoms with Gasteiger partial charge in [-0.05, 0) is 42.4 Å². The number of hydrogen-bond acceptors (Lipinski definition) is 1. The highest BCUT2D eigenvalue weighted by molar-refractivity contribution is 6.31. The minimum Gasteiger partial charge on any atom is -0.343 e. The zero-order chi connectivity index (χ0) is 14.8. The summed E-state index contributed by atoms with van der Waals surface area (Å²) in [4.78, 5) is 0. The SMILES string of the molecule is CNCc1cn(Cc2cccc(F)c2)c2cc(Cl)ccc12. The van der Waals surface area contributed by atoms with Crippen molar-refractivity contribution in [2.45, 2.75) is 13.1 Å². The quantitative estimate of drug-likeness (QED) is 0.764. The van der Waals surface area contributed by atoms with Crippen molar-refractivity contribution in [3.8, 4) is 0 Å². The van der Waals surface area contributed by atoms with Gasteiger partial charge in [0.05, 0.1) is 5.52 Å². The Hall–Kier alpha value is -1.84. The molecule has 2 aromatic carbocycles. The molecule has 0 fully saturated rings. The Kier molecular flexibility index (Phi) is 3.95. The van der Waals surface area contributed by atoms with Gasteiger partial charge in [-0.3, -0.25) is 0 Å². The van der Waals surface area contributed by atoms with Crippen molar-refractivity contribution in [2.75, 3.05) is 7.05 Å². The predicted molar refractivity (Wildman–Crippen MR) is 85.2 cm³/mol. The average Bonchev–Trinajstić information content (AvgIpc) is 2.77. The van der Waals surface area contributed by atoms with E-state index in [-0.39, 0.29) is 5.82 Å². The molecule has 0 aliphatic carbocycles. The van der Waals surface area contributed by atoms with Crippen LogP contribution < -0.4 is 5.32 Å². The van der Waals surface area contributed by atoms with Gasteiger partial charge in [-0.25, -0.2) is 4.39 Å². The number of fused-ring (bicyclic) bond motifs is 1. The van der Waals surface area contributed by atoms with Crippen LogP contribution in [0.5, 0.6) is 0 Å². The fourth-order valence-corrected chi connectivity index (χ4v) is 2.80. The van der Waals surface area contributed by atoms with Gasteiger partial charge in [-0.1, -0.05) is 29.8 Å². The molecule has 1 heterocycles. The van der Waals surface area contributed by atoms with E-state index >= 15 is 0 Å². The Morgan fingerprint density at radius 3 is 2.81 bits per heavy atom. The highest BCUT2D eigenvalue weighted by atomic mass is 35.5. The molecule has 3 rings (SSSR count). The summed E-state index contributed by atoms with van der Waals surface area (Å²) in [5.74, 6) is -0.211. The summed E-state index contributed by atoms with van der Waals surface area (Å²) >= 11 is 6.12. The Morgan fingerprint density at radius 1 is 1.19 bits per heavy atom. The van der Waals surface area contributed by atoms with E-state index in [1.165, 1.54) is 17.0 Å². The zero-order valence-corrected chi connectivity index (χ0v) is 12.5. The van der Waals surface area contributed by atoms with Crippen molar-refractivity contribution in [3.05, 3.63) is 70.6 Å². The molecule has 0 aliphatic heterocycles. The molecule has 21 heavy (non-hydrogen) atoms. The van der Waals surface area contributed by atoms with Crippen molar-refractivity contribution >= 4 is 22.5 Å². The smallest absolute Gasteiger partial charge is 0.123 e. The van der Waals surface area contributed by atoms with Gasteiger partial charge in [0.15, 0.2) is 0 Å². The molecule has 1 aromatic heterocycles. The topological polar surface area (TPSA) is 17.0 Å². The third-order valence-corrected chi connectivity index (χ3v) is 3.77. The van der Waals surface area contributed by atoms with Crippen molar-refractivity contribution in [1.29, 1.82) is 0 Å². The van der Waals surface area contributed by atoms with E-state index in [1.807, 2.05) is 31.3 Å². The maximum atomic E-state index is 13.3. The van der Waals surface area contributed by atoms with Crippen LogP contribution in [0.25, 0.3) is 10.9 Å². The van der Waals surface area contributed by atoms with E-state index < -0.39 is 0 Å². The normalized spacial score (nSPS) is 11.2. The summed E-state index contributed by atoms with van der Waals surface area (Å²) in [7, 11) is 1.92. The molecule has 2 nitrogen and oxygen atoms in total. The lowest BCUT2D eigenvalue weighted by Gasteiger charge is -2.06. The first-order valence-corrected chi connectivity index (χ1v) is 7.21. The van der Waals surface area contributed by atoms with E-state index in [2.05, 4.69) is 16.1 Å².